The van der Waals surface area contributed by atoms with Crippen LogP contribution in [0.4, 0.5) is 24.5 Å². The number of hydrazine groups is 1. The molecule has 1 amide bonds. The Hall–Kier alpha value is -2.34. The Morgan fingerprint density at radius 3 is 2.45 bits per heavy atom. The zero-order valence-electron chi connectivity index (χ0n) is 14.6. The minimum atomic E-state index is -4.56. The highest BCUT2D eigenvalue weighted by molar-refractivity contribution is 7.93. The first-order valence-corrected chi connectivity index (χ1v) is 10.2. The summed E-state index contributed by atoms with van der Waals surface area (Å²) in [6.45, 7) is -0.0308. The summed E-state index contributed by atoms with van der Waals surface area (Å²) in [6, 6.07) is 10.0. The standard InChI is InChI=1S/C17H16ClF3N4O3S/c18-11-4-6-12(7-5-11)25-29(27,28)16-14(9-22-24-16)15(26)23-13-3-1-2-10(8-13)17(19,20)21/h1-8,14,16,22,24-25H,9H2,(H,23,26). The van der Waals surface area contributed by atoms with E-state index >= 15 is 0 Å². The number of benzene rings is 2. The molecule has 29 heavy (non-hydrogen) atoms. The molecular formula is C17H16ClF3N4O3S. The molecule has 1 heterocycles. The summed E-state index contributed by atoms with van der Waals surface area (Å²) in [5.74, 6) is -1.83. The van der Waals surface area contributed by atoms with E-state index in [1.165, 1.54) is 30.3 Å². The molecule has 0 radical (unpaired) electrons. The SMILES string of the molecule is O=C(Nc1cccc(C(F)(F)F)c1)C1CNNC1S(=O)(=O)Nc1ccc(Cl)cc1. The third-order valence-electron chi connectivity index (χ3n) is 4.16. The summed E-state index contributed by atoms with van der Waals surface area (Å²) in [5.41, 5.74) is 4.35. The largest absolute Gasteiger partial charge is 0.416 e. The number of hydrogen-bond donors (Lipinski definition) is 4. The van der Waals surface area contributed by atoms with Crippen LogP contribution in [0, 0.1) is 5.92 Å². The van der Waals surface area contributed by atoms with Crippen molar-refractivity contribution >= 4 is 38.9 Å². The summed E-state index contributed by atoms with van der Waals surface area (Å²) in [7, 11) is -4.05. The molecule has 2 aromatic carbocycles. The topological polar surface area (TPSA) is 99.3 Å². The van der Waals surface area contributed by atoms with Gasteiger partial charge < -0.3 is 5.32 Å². The van der Waals surface area contributed by atoms with Crippen LogP contribution in [-0.2, 0) is 21.0 Å². The van der Waals surface area contributed by atoms with Crippen molar-refractivity contribution in [3.8, 4) is 0 Å². The Balaban J connectivity index is 1.74. The van der Waals surface area contributed by atoms with Gasteiger partial charge in [-0.25, -0.2) is 13.8 Å². The van der Waals surface area contributed by atoms with Crippen molar-refractivity contribution in [1.29, 1.82) is 0 Å². The molecule has 0 aromatic heterocycles. The number of anilines is 2. The van der Waals surface area contributed by atoms with Crippen LogP contribution in [0.2, 0.25) is 5.02 Å². The van der Waals surface area contributed by atoms with E-state index in [2.05, 4.69) is 20.9 Å². The van der Waals surface area contributed by atoms with E-state index in [4.69, 9.17) is 11.6 Å². The van der Waals surface area contributed by atoms with E-state index in [1.54, 1.807) is 0 Å². The Morgan fingerprint density at radius 2 is 1.79 bits per heavy atom. The third kappa shape index (κ3) is 5.18. The lowest BCUT2D eigenvalue weighted by atomic mass is 10.1. The summed E-state index contributed by atoms with van der Waals surface area (Å²) in [4.78, 5) is 12.5. The van der Waals surface area contributed by atoms with Crippen molar-refractivity contribution < 1.29 is 26.4 Å². The molecule has 0 spiro atoms. The maximum Gasteiger partial charge on any atom is 0.416 e. The number of amides is 1. The number of nitrogens with one attached hydrogen (secondary N) is 4. The fourth-order valence-corrected chi connectivity index (χ4v) is 4.36. The quantitative estimate of drug-likeness (QED) is 0.563. The highest BCUT2D eigenvalue weighted by atomic mass is 35.5. The fourth-order valence-electron chi connectivity index (χ4n) is 2.76. The second-order valence-corrected chi connectivity index (χ2v) is 8.51. The van der Waals surface area contributed by atoms with E-state index < -0.39 is 39.0 Å². The number of carbonyl (C=O) groups excluding carboxylic acids is 1. The lowest BCUT2D eigenvalue weighted by Gasteiger charge is -2.20. The van der Waals surface area contributed by atoms with E-state index in [9.17, 15) is 26.4 Å². The predicted molar refractivity (Wildman–Crippen MR) is 102 cm³/mol. The molecule has 0 saturated carbocycles. The van der Waals surface area contributed by atoms with Crippen LogP contribution in [0.25, 0.3) is 0 Å². The van der Waals surface area contributed by atoms with Crippen molar-refractivity contribution in [2.45, 2.75) is 11.6 Å². The maximum absolute atomic E-state index is 12.8. The first-order chi connectivity index (χ1) is 13.6. The fraction of sp³-hybridized carbons (Fsp3) is 0.235. The lowest BCUT2D eigenvalue weighted by Crippen LogP contribution is -2.45. The smallest absolute Gasteiger partial charge is 0.326 e. The van der Waals surface area contributed by atoms with Crippen molar-refractivity contribution in [2.75, 3.05) is 16.6 Å². The van der Waals surface area contributed by atoms with Gasteiger partial charge in [0.2, 0.25) is 5.91 Å². The number of hydrogen-bond acceptors (Lipinski definition) is 5. The van der Waals surface area contributed by atoms with Gasteiger partial charge >= 0.3 is 6.18 Å². The van der Waals surface area contributed by atoms with Crippen LogP contribution in [0.5, 0.6) is 0 Å². The molecule has 156 valence electrons. The third-order valence-corrected chi connectivity index (χ3v) is 6.05. The van der Waals surface area contributed by atoms with Crippen LogP contribution >= 0.6 is 11.6 Å². The average molecular weight is 449 g/mol. The van der Waals surface area contributed by atoms with E-state index in [1.807, 2.05) is 0 Å². The Bertz CT molecular complexity index is 1000. The molecule has 3 rings (SSSR count). The van der Waals surface area contributed by atoms with Crippen LogP contribution in [0.3, 0.4) is 0 Å². The van der Waals surface area contributed by atoms with Crippen molar-refractivity contribution in [2.24, 2.45) is 5.92 Å². The number of sulfonamides is 1. The van der Waals surface area contributed by atoms with Gasteiger partial charge in [-0.05, 0) is 42.5 Å². The minimum Gasteiger partial charge on any atom is -0.326 e. The Kier molecular flexibility index (Phi) is 6.03. The van der Waals surface area contributed by atoms with E-state index in [0.29, 0.717) is 5.02 Å². The van der Waals surface area contributed by atoms with Crippen LogP contribution in [-0.4, -0.2) is 26.2 Å². The van der Waals surface area contributed by atoms with Crippen LogP contribution < -0.4 is 20.9 Å². The van der Waals surface area contributed by atoms with Gasteiger partial charge in [0, 0.05) is 22.9 Å². The molecule has 0 bridgehead atoms. The second kappa shape index (κ2) is 8.19. The first kappa shape index (κ1) is 21.4. The summed E-state index contributed by atoms with van der Waals surface area (Å²) in [5, 5.41) is 1.42. The zero-order valence-corrected chi connectivity index (χ0v) is 16.2. The Labute approximate surface area is 169 Å². The number of halogens is 4. The summed E-state index contributed by atoms with van der Waals surface area (Å²) < 4.78 is 66.2. The Morgan fingerprint density at radius 1 is 1.10 bits per heavy atom. The monoisotopic (exact) mass is 448 g/mol. The van der Waals surface area contributed by atoms with Crippen molar-refractivity contribution in [3.05, 3.63) is 59.1 Å². The molecule has 4 N–H and O–H groups in total. The van der Waals surface area contributed by atoms with Gasteiger partial charge in [0.1, 0.15) is 0 Å². The van der Waals surface area contributed by atoms with Gasteiger partial charge in [-0.15, -0.1) is 0 Å². The van der Waals surface area contributed by atoms with Gasteiger partial charge in [-0.1, -0.05) is 17.7 Å². The second-order valence-electron chi connectivity index (χ2n) is 6.27. The average Bonchev–Trinajstić information content (AvgIpc) is 3.14. The number of rotatable bonds is 5. The van der Waals surface area contributed by atoms with Gasteiger partial charge in [-0.3, -0.25) is 14.9 Å². The van der Waals surface area contributed by atoms with E-state index in [-0.39, 0.29) is 17.9 Å². The zero-order chi connectivity index (χ0) is 21.2. The van der Waals surface area contributed by atoms with Crippen molar-refractivity contribution in [3.63, 3.8) is 0 Å². The normalized spacial score (nSPS) is 19.7. The van der Waals surface area contributed by atoms with Crippen LogP contribution in [0.15, 0.2) is 48.5 Å². The van der Waals surface area contributed by atoms with Gasteiger partial charge in [-0.2, -0.15) is 13.2 Å². The molecule has 0 aliphatic carbocycles. The van der Waals surface area contributed by atoms with Crippen LogP contribution in [0.1, 0.15) is 5.56 Å². The number of carbonyl (C=O) groups is 1. The molecule has 7 nitrogen and oxygen atoms in total. The van der Waals surface area contributed by atoms with Gasteiger partial charge in [0.25, 0.3) is 10.0 Å². The molecule has 1 aliphatic heterocycles. The maximum atomic E-state index is 12.8. The summed E-state index contributed by atoms with van der Waals surface area (Å²) in [6.07, 6.45) is -4.56. The predicted octanol–water partition coefficient (Wildman–Crippen LogP) is 2.79. The molecule has 2 unspecified atom stereocenters. The lowest BCUT2D eigenvalue weighted by molar-refractivity contribution is -0.137. The molecule has 2 atom stereocenters. The van der Waals surface area contributed by atoms with Gasteiger partial charge in [0.15, 0.2) is 5.37 Å². The highest BCUT2D eigenvalue weighted by Gasteiger charge is 2.42. The molecule has 12 heteroatoms. The number of alkyl halides is 3. The summed E-state index contributed by atoms with van der Waals surface area (Å²) >= 11 is 5.77. The first-order valence-electron chi connectivity index (χ1n) is 8.30. The molecule has 1 saturated heterocycles. The minimum absolute atomic E-state index is 0.0308. The molecular weight excluding hydrogens is 433 g/mol. The molecule has 2 aromatic rings. The van der Waals surface area contributed by atoms with Crippen molar-refractivity contribution in [1.82, 2.24) is 10.9 Å². The molecule has 1 aliphatic rings. The van der Waals surface area contributed by atoms with Gasteiger partial charge in [0.05, 0.1) is 11.5 Å². The van der Waals surface area contributed by atoms with E-state index in [0.717, 1.165) is 18.2 Å². The molecule has 1 fully saturated rings. The highest BCUT2D eigenvalue weighted by Crippen LogP contribution is 2.31.